The zero-order valence-electron chi connectivity index (χ0n) is 19.0. The zero-order valence-corrected chi connectivity index (χ0v) is 19.0. The highest BCUT2D eigenvalue weighted by Crippen LogP contribution is 2.49. The number of likely N-dealkylation sites (N-methyl/N-ethyl adjacent to an activating group) is 1. The van der Waals surface area contributed by atoms with Crippen LogP contribution in [0.4, 0.5) is 13.2 Å². The fourth-order valence-electron chi connectivity index (χ4n) is 5.56. The first-order valence-corrected chi connectivity index (χ1v) is 11.1. The number of nitrogens with zero attached hydrogens (tertiary/aromatic N) is 1. The van der Waals surface area contributed by atoms with E-state index in [0.717, 1.165) is 44.5 Å². The van der Waals surface area contributed by atoms with Gasteiger partial charge in [0.05, 0.1) is 19.8 Å². The number of hydrogen-bond acceptors (Lipinski definition) is 4. The number of amides is 1. The maximum atomic E-state index is 13.0. The summed E-state index contributed by atoms with van der Waals surface area (Å²) in [5, 5.41) is 2.98. The van der Waals surface area contributed by atoms with Crippen molar-refractivity contribution in [3.8, 4) is 11.5 Å². The molecule has 0 radical (unpaired) electrons. The monoisotopic (exact) mass is 462 g/mol. The number of likely N-dealkylation sites (tertiary alicyclic amines) is 1. The van der Waals surface area contributed by atoms with Crippen LogP contribution in [-0.4, -0.2) is 51.2 Å². The summed E-state index contributed by atoms with van der Waals surface area (Å²) in [5.74, 6) is 1.22. The fourth-order valence-corrected chi connectivity index (χ4v) is 5.56. The van der Waals surface area contributed by atoms with Gasteiger partial charge in [0.1, 0.15) is 0 Å². The van der Waals surface area contributed by atoms with Crippen molar-refractivity contribution in [2.24, 2.45) is 5.92 Å². The van der Waals surface area contributed by atoms with Gasteiger partial charge >= 0.3 is 6.18 Å². The number of fused-ring (bicyclic) bond motifs is 1. The topological polar surface area (TPSA) is 50.8 Å². The smallest absolute Gasteiger partial charge is 0.416 e. The quantitative estimate of drug-likeness (QED) is 0.711. The standard InChI is InChI=1S/C25H29F3N2O3/c1-30-14-19-12-20(29-23(31)16-5-4-6-18(11-16)25(26,27)28)9-10-24(19,15-30)17-7-8-21(32-2)22(13-17)33-3/h4-8,11,13,19-20H,9-10,12,14-15H2,1-3H3,(H,29,31). The number of ether oxygens (including phenoxy) is 2. The van der Waals surface area contributed by atoms with E-state index in [0.29, 0.717) is 17.4 Å². The lowest BCUT2D eigenvalue weighted by atomic mass is 9.63. The fraction of sp³-hybridized carbons (Fsp3) is 0.480. The number of hydrogen-bond donors (Lipinski definition) is 1. The van der Waals surface area contributed by atoms with Gasteiger partial charge in [-0.05, 0) is 68.1 Å². The Labute approximate surface area is 191 Å². The van der Waals surface area contributed by atoms with Gasteiger partial charge in [0.25, 0.3) is 5.91 Å². The third kappa shape index (κ3) is 4.53. The zero-order chi connectivity index (χ0) is 23.8. The van der Waals surface area contributed by atoms with Gasteiger partial charge in [0, 0.05) is 30.1 Å². The van der Waals surface area contributed by atoms with E-state index in [1.165, 1.54) is 17.7 Å². The number of rotatable bonds is 5. The Kier molecular flexibility index (Phi) is 6.31. The molecule has 1 saturated heterocycles. The van der Waals surface area contributed by atoms with Crippen molar-refractivity contribution in [1.29, 1.82) is 0 Å². The van der Waals surface area contributed by atoms with Gasteiger partial charge in [-0.15, -0.1) is 0 Å². The normalized spacial score (nSPS) is 25.4. The predicted molar refractivity (Wildman–Crippen MR) is 119 cm³/mol. The summed E-state index contributed by atoms with van der Waals surface area (Å²) in [4.78, 5) is 15.0. The summed E-state index contributed by atoms with van der Waals surface area (Å²) in [6, 6.07) is 10.6. The number of alkyl halides is 3. The molecule has 1 aliphatic heterocycles. The number of nitrogens with one attached hydrogen (secondary N) is 1. The molecule has 0 bridgehead atoms. The van der Waals surface area contributed by atoms with Crippen molar-refractivity contribution in [1.82, 2.24) is 10.2 Å². The second kappa shape index (κ2) is 8.89. The second-order valence-corrected chi connectivity index (χ2v) is 9.14. The van der Waals surface area contributed by atoms with Gasteiger partial charge < -0.3 is 19.7 Å². The van der Waals surface area contributed by atoms with E-state index in [4.69, 9.17) is 9.47 Å². The van der Waals surface area contributed by atoms with Crippen LogP contribution in [0.15, 0.2) is 42.5 Å². The summed E-state index contributed by atoms with van der Waals surface area (Å²) in [5.41, 5.74) is 0.345. The van der Waals surface area contributed by atoms with Gasteiger partial charge in [-0.25, -0.2) is 0 Å². The Balaban J connectivity index is 1.52. The summed E-state index contributed by atoms with van der Waals surface area (Å²) < 4.78 is 50.0. The minimum atomic E-state index is -4.48. The number of halogens is 3. The van der Waals surface area contributed by atoms with Crippen LogP contribution in [0.25, 0.3) is 0 Å². The molecule has 1 aliphatic carbocycles. The molecule has 3 unspecified atom stereocenters. The second-order valence-electron chi connectivity index (χ2n) is 9.14. The van der Waals surface area contributed by atoms with E-state index < -0.39 is 17.6 Å². The number of methoxy groups -OCH3 is 2. The molecule has 2 fully saturated rings. The SMILES string of the molecule is COc1ccc(C23CCC(NC(=O)c4cccc(C(F)(F)F)c4)CC2CN(C)C3)cc1OC. The number of benzene rings is 2. The average molecular weight is 463 g/mol. The third-order valence-corrected chi connectivity index (χ3v) is 7.12. The van der Waals surface area contributed by atoms with Crippen LogP contribution >= 0.6 is 0 Å². The molecule has 0 spiro atoms. The Morgan fingerprint density at radius 3 is 2.58 bits per heavy atom. The Morgan fingerprint density at radius 1 is 1.12 bits per heavy atom. The van der Waals surface area contributed by atoms with E-state index in [9.17, 15) is 18.0 Å². The molecule has 8 heteroatoms. The van der Waals surface area contributed by atoms with Crippen molar-refractivity contribution in [2.75, 3.05) is 34.4 Å². The molecule has 4 rings (SSSR count). The van der Waals surface area contributed by atoms with Gasteiger partial charge in [0.2, 0.25) is 0 Å². The minimum Gasteiger partial charge on any atom is -0.493 e. The maximum absolute atomic E-state index is 13.0. The minimum absolute atomic E-state index is 0.0325. The van der Waals surface area contributed by atoms with Gasteiger partial charge in [-0.3, -0.25) is 4.79 Å². The highest BCUT2D eigenvalue weighted by atomic mass is 19.4. The highest BCUT2D eigenvalue weighted by Gasteiger charge is 2.50. The molecule has 2 aromatic carbocycles. The molecule has 2 aromatic rings. The van der Waals surface area contributed by atoms with Crippen LogP contribution in [0, 0.1) is 5.92 Å². The van der Waals surface area contributed by atoms with Crippen LogP contribution in [0.5, 0.6) is 11.5 Å². The van der Waals surface area contributed by atoms with E-state index in [1.54, 1.807) is 14.2 Å². The van der Waals surface area contributed by atoms with Crippen LogP contribution in [0.2, 0.25) is 0 Å². The maximum Gasteiger partial charge on any atom is 0.416 e. The molecule has 33 heavy (non-hydrogen) atoms. The van der Waals surface area contributed by atoms with Crippen LogP contribution in [0.3, 0.4) is 0 Å². The van der Waals surface area contributed by atoms with Crippen molar-refractivity contribution in [2.45, 2.75) is 36.9 Å². The average Bonchev–Trinajstić information content (AvgIpc) is 3.14. The molecule has 1 amide bonds. The first kappa shape index (κ1) is 23.4. The van der Waals surface area contributed by atoms with Crippen LogP contribution < -0.4 is 14.8 Å². The molecule has 1 heterocycles. The molecular formula is C25H29F3N2O3. The van der Waals surface area contributed by atoms with Crippen molar-refractivity contribution in [3.05, 3.63) is 59.2 Å². The van der Waals surface area contributed by atoms with E-state index >= 15 is 0 Å². The first-order chi connectivity index (χ1) is 15.7. The summed E-state index contributed by atoms with van der Waals surface area (Å²) in [6.07, 6.45) is -2.09. The number of carbonyl (C=O) groups excluding carboxylic acids is 1. The lowest BCUT2D eigenvalue weighted by Gasteiger charge is -2.43. The van der Waals surface area contributed by atoms with Crippen molar-refractivity contribution >= 4 is 5.91 Å². The number of carbonyl (C=O) groups is 1. The molecule has 1 N–H and O–H groups in total. The van der Waals surface area contributed by atoms with Gasteiger partial charge in [0.15, 0.2) is 11.5 Å². The van der Waals surface area contributed by atoms with Gasteiger partial charge in [-0.1, -0.05) is 12.1 Å². The first-order valence-electron chi connectivity index (χ1n) is 11.1. The molecule has 2 aliphatic rings. The van der Waals surface area contributed by atoms with Crippen molar-refractivity contribution in [3.63, 3.8) is 0 Å². The predicted octanol–water partition coefficient (Wildman–Crippen LogP) is 4.50. The van der Waals surface area contributed by atoms with Crippen molar-refractivity contribution < 1.29 is 27.4 Å². The van der Waals surface area contributed by atoms with Crippen LogP contribution in [-0.2, 0) is 11.6 Å². The third-order valence-electron chi connectivity index (χ3n) is 7.12. The van der Waals surface area contributed by atoms with E-state index in [2.05, 4.69) is 23.3 Å². The molecule has 3 atom stereocenters. The summed E-state index contributed by atoms with van der Waals surface area (Å²) in [6.45, 7) is 1.80. The molecule has 0 aromatic heterocycles. The lowest BCUT2D eigenvalue weighted by molar-refractivity contribution is -0.137. The molecule has 5 nitrogen and oxygen atoms in total. The summed E-state index contributed by atoms with van der Waals surface area (Å²) >= 11 is 0. The van der Waals surface area contributed by atoms with E-state index in [-0.39, 0.29) is 17.0 Å². The molecule has 178 valence electrons. The highest BCUT2D eigenvalue weighted by molar-refractivity contribution is 5.94. The Hall–Kier alpha value is -2.74. The van der Waals surface area contributed by atoms with Crippen LogP contribution in [0.1, 0.15) is 40.7 Å². The van der Waals surface area contributed by atoms with E-state index in [1.807, 2.05) is 12.1 Å². The lowest BCUT2D eigenvalue weighted by Crippen LogP contribution is -2.47. The summed E-state index contributed by atoms with van der Waals surface area (Å²) in [7, 11) is 5.33. The van der Waals surface area contributed by atoms with Gasteiger partial charge in [-0.2, -0.15) is 13.2 Å². The Morgan fingerprint density at radius 2 is 1.88 bits per heavy atom. The molecular weight excluding hydrogens is 433 g/mol. The molecule has 1 saturated carbocycles. The largest absolute Gasteiger partial charge is 0.493 e. The Bertz CT molecular complexity index is 1030.